The van der Waals surface area contributed by atoms with E-state index in [9.17, 15) is 0 Å². The summed E-state index contributed by atoms with van der Waals surface area (Å²) in [5.74, 6) is 1.68. The summed E-state index contributed by atoms with van der Waals surface area (Å²) in [5, 5.41) is 3.66. The molecule has 2 unspecified atom stereocenters. The summed E-state index contributed by atoms with van der Waals surface area (Å²) in [5.41, 5.74) is 0.881. The molecule has 0 radical (unpaired) electrons. The van der Waals surface area contributed by atoms with Crippen molar-refractivity contribution >= 4 is 0 Å². The second kappa shape index (κ2) is 4.24. The Morgan fingerprint density at radius 3 is 2.29 bits per heavy atom. The van der Waals surface area contributed by atoms with Gasteiger partial charge < -0.3 is 10.2 Å². The van der Waals surface area contributed by atoms with Crippen LogP contribution in [0.15, 0.2) is 0 Å². The summed E-state index contributed by atoms with van der Waals surface area (Å²) >= 11 is 0. The highest BCUT2D eigenvalue weighted by Crippen LogP contribution is 2.47. The lowest BCUT2D eigenvalue weighted by Gasteiger charge is -2.57. The van der Waals surface area contributed by atoms with E-state index in [2.05, 4.69) is 51.8 Å². The maximum absolute atomic E-state index is 3.66. The van der Waals surface area contributed by atoms with Crippen LogP contribution in [-0.2, 0) is 0 Å². The van der Waals surface area contributed by atoms with Gasteiger partial charge >= 0.3 is 0 Å². The minimum atomic E-state index is 0.438. The monoisotopic (exact) mass is 238 g/mol. The SMILES string of the molecule is CC(C)N1CC2C(CNCC2(C)C)C(C)(C)C1. The summed E-state index contributed by atoms with van der Waals surface area (Å²) < 4.78 is 0. The second-order valence-electron chi connectivity index (χ2n) is 7.84. The first kappa shape index (κ1) is 13.4. The third kappa shape index (κ3) is 2.39. The molecule has 2 rings (SSSR count). The number of likely N-dealkylation sites (tertiary alicyclic amines) is 1. The molecule has 1 N–H and O–H groups in total. The summed E-state index contributed by atoms with van der Waals surface area (Å²) in [4.78, 5) is 2.69. The third-order valence-electron chi connectivity index (χ3n) is 5.21. The molecule has 0 aromatic heterocycles. The van der Waals surface area contributed by atoms with E-state index in [1.807, 2.05) is 0 Å². The van der Waals surface area contributed by atoms with Crippen molar-refractivity contribution in [2.45, 2.75) is 47.6 Å². The Bertz CT molecular complexity index is 281. The molecule has 2 aliphatic rings. The van der Waals surface area contributed by atoms with E-state index in [0.29, 0.717) is 16.9 Å². The van der Waals surface area contributed by atoms with Crippen molar-refractivity contribution in [3.05, 3.63) is 0 Å². The van der Waals surface area contributed by atoms with Crippen LogP contribution in [0.3, 0.4) is 0 Å². The molecule has 2 saturated heterocycles. The summed E-state index contributed by atoms with van der Waals surface area (Å²) in [6, 6.07) is 0.681. The lowest BCUT2D eigenvalue weighted by atomic mass is 9.58. The van der Waals surface area contributed by atoms with Crippen LogP contribution in [0.4, 0.5) is 0 Å². The van der Waals surface area contributed by atoms with E-state index in [-0.39, 0.29) is 0 Å². The van der Waals surface area contributed by atoms with Gasteiger partial charge in [0.2, 0.25) is 0 Å². The Labute approximate surface area is 107 Å². The lowest BCUT2D eigenvalue weighted by Crippen LogP contribution is -2.63. The molecule has 2 aliphatic heterocycles. The molecule has 0 amide bonds. The third-order valence-corrected chi connectivity index (χ3v) is 5.21. The van der Waals surface area contributed by atoms with Crippen LogP contribution in [0, 0.1) is 22.7 Å². The molecule has 0 saturated carbocycles. The van der Waals surface area contributed by atoms with E-state index in [0.717, 1.165) is 11.8 Å². The minimum Gasteiger partial charge on any atom is -0.316 e. The van der Waals surface area contributed by atoms with Crippen molar-refractivity contribution in [2.75, 3.05) is 26.2 Å². The lowest BCUT2D eigenvalue weighted by molar-refractivity contribution is -0.0730. The quantitative estimate of drug-likeness (QED) is 0.755. The number of hydrogen-bond donors (Lipinski definition) is 1. The molecule has 0 aliphatic carbocycles. The van der Waals surface area contributed by atoms with Gasteiger partial charge in [0.05, 0.1) is 0 Å². The topological polar surface area (TPSA) is 15.3 Å². The smallest absolute Gasteiger partial charge is 0.00389 e. The van der Waals surface area contributed by atoms with Gasteiger partial charge in [-0.25, -0.2) is 0 Å². The largest absolute Gasteiger partial charge is 0.316 e. The zero-order valence-corrected chi connectivity index (χ0v) is 12.5. The summed E-state index contributed by atoms with van der Waals surface area (Å²) in [6.45, 7) is 19.4. The van der Waals surface area contributed by atoms with Gasteiger partial charge in [0, 0.05) is 25.7 Å². The normalized spacial score (nSPS) is 36.9. The molecule has 2 heterocycles. The number of nitrogens with zero attached hydrogens (tertiary/aromatic N) is 1. The van der Waals surface area contributed by atoms with Crippen molar-refractivity contribution in [2.24, 2.45) is 22.7 Å². The first-order valence-corrected chi connectivity index (χ1v) is 7.19. The molecule has 0 bridgehead atoms. The molecule has 100 valence electrons. The van der Waals surface area contributed by atoms with Gasteiger partial charge in [-0.2, -0.15) is 0 Å². The molecule has 17 heavy (non-hydrogen) atoms. The first-order chi connectivity index (χ1) is 7.74. The predicted molar refractivity (Wildman–Crippen MR) is 74.1 cm³/mol. The van der Waals surface area contributed by atoms with Crippen LogP contribution in [0.2, 0.25) is 0 Å². The van der Waals surface area contributed by atoms with E-state index in [1.54, 1.807) is 0 Å². The standard InChI is InChI=1S/C15H30N2/c1-11(2)17-8-13-12(15(5,6)10-17)7-16-9-14(13,3)4/h11-13,16H,7-10H2,1-6H3. The van der Waals surface area contributed by atoms with Crippen LogP contribution in [-0.4, -0.2) is 37.1 Å². The number of fused-ring (bicyclic) bond motifs is 1. The molecule has 0 spiro atoms. The van der Waals surface area contributed by atoms with Gasteiger partial charge in [0.1, 0.15) is 0 Å². The van der Waals surface area contributed by atoms with Gasteiger partial charge in [0.25, 0.3) is 0 Å². The number of rotatable bonds is 1. The second-order valence-corrected chi connectivity index (χ2v) is 7.84. The Balaban J connectivity index is 2.25. The molecule has 2 heteroatoms. The average Bonchev–Trinajstić information content (AvgIpc) is 2.17. The van der Waals surface area contributed by atoms with Crippen LogP contribution in [0.5, 0.6) is 0 Å². The van der Waals surface area contributed by atoms with Gasteiger partial charge in [0.15, 0.2) is 0 Å². The molecular formula is C15H30N2. The summed E-state index contributed by atoms with van der Waals surface area (Å²) in [6.07, 6.45) is 0. The van der Waals surface area contributed by atoms with Crippen molar-refractivity contribution in [3.8, 4) is 0 Å². The number of nitrogens with one attached hydrogen (secondary N) is 1. The van der Waals surface area contributed by atoms with E-state index >= 15 is 0 Å². The molecule has 2 fully saturated rings. The fraction of sp³-hybridized carbons (Fsp3) is 1.00. The fourth-order valence-corrected chi connectivity index (χ4v) is 3.91. The first-order valence-electron chi connectivity index (χ1n) is 7.19. The Hall–Kier alpha value is -0.0800. The Kier molecular flexibility index (Phi) is 3.33. The van der Waals surface area contributed by atoms with Crippen LogP contribution >= 0.6 is 0 Å². The van der Waals surface area contributed by atoms with Crippen molar-refractivity contribution < 1.29 is 0 Å². The van der Waals surface area contributed by atoms with Gasteiger partial charge in [-0.15, -0.1) is 0 Å². The number of hydrogen-bond acceptors (Lipinski definition) is 2. The maximum atomic E-state index is 3.66. The van der Waals surface area contributed by atoms with Gasteiger partial charge in [-0.05, 0) is 43.1 Å². The van der Waals surface area contributed by atoms with Gasteiger partial charge in [-0.1, -0.05) is 27.7 Å². The van der Waals surface area contributed by atoms with Crippen molar-refractivity contribution in [1.82, 2.24) is 10.2 Å². The maximum Gasteiger partial charge on any atom is 0.00389 e. The Morgan fingerprint density at radius 2 is 1.71 bits per heavy atom. The van der Waals surface area contributed by atoms with E-state index < -0.39 is 0 Å². The molecule has 2 atom stereocenters. The van der Waals surface area contributed by atoms with E-state index in [4.69, 9.17) is 0 Å². The van der Waals surface area contributed by atoms with Crippen molar-refractivity contribution in [1.29, 1.82) is 0 Å². The molecule has 0 aromatic rings. The highest BCUT2D eigenvalue weighted by atomic mass is 15.2. The van der Waals surface area contributed by atoms with Crippen LogP contribution in [0.1, 0.15) is 41.5 Å². The Morgan fingerprint density at radius 1 is 1.06 bits per heavy atom. The molecule has 2 nitrogen and oxygen atoms in total. The predicted octanol–water partition coefficient (Wildman–Crippen LogP) is 2.60. The zero-order chi connectivity index (χ0) is 12.8. The van der Waals surface area contributed by atoms with Gasteiger partial charge in [-0.3, -0.25) is 0 Å². The highest BCUT2D eigenvalue weighted by molar-refractivity contribution is 5.02. The van der Waals surface area contributed by atoms with Crippen molar-refractivity contribution in [3.63, 3.8) is 0 Å². The van der Waals surface area contributed by atoms with Crippen LogP contribution in [0.25, 0.3) is 0 Å². The molecular weight excluding hydrogens is 208 g/mol. The highest BCUT2D eigenvalue weighted by Gasteiger charge is 2.49. The van der Waals surface area contributed by atoms with E-state index in [1.165, 1.54) is 26.2 Å². The molecule has 0 aromatic carbocycles. The fourth-order valence-electron chi connectivity index (χ4n) is 3.91. The average molecular weight is 238 g/mol. The summed E-state index contributed by atoms with van der Waals surface area (Å²) in [7, 11) is 0. The minimum absolute atomic E-state index is 0.438. The number of piperidine rings is 2. The van der Waals surface area contributed by atoms with Crippen LogP contribution < -0.4 is 5.32 Å². The zero-order valence-electron chi connectivity index (χ0n) is 12.5.